The van der Waals surface area contributed by atoms with E-state index in [4.69, 9.17) is 5.41 Å². The maximum absolute atomic E-state index is 12.9. The lowest BCUT2D eigenvalue weighted by Crippen LogP contribution is -2.30. The molecule has 1 atom stereocenters. The van der Waals surface area contributed by atoms with Gasteiger partial charge in [-0.1, -0.05) is 6.08 Å². The average Bonchev–Trinajstić information content (AvgIpc) is 2.32. The van der Waals surface area contributed by atoms with E-state index in [0.717, 1.165) is 36.5 Å². The standard InChI is InChI=1S/C13H18FN3/c1-17-8-2-3-12(13(17)9-15)16-11-6-4-10(14)5-7-11/h4,6-7,9-10,15-16H,2-3,5,8H2,1H3. The lowest BCUT2D eigenvalue weighted by molar-refractivity contribution is 0.390. The zero-order chi connectivity index (χ0) is 12.3. The molecule has 1 heterocycles. The van der Waals surface area contributed by atoms with Crippen molar-refractivity contribution in [3.8, 4) is 0 Å². The van der Waals surface area contributed by atoms with Crippen LogP contribution in [0.4, 0.5) is 4.39 Å². The first-order valence-electron chi connectivity index (χ1n) is 5.95. The Labute approximate surface area is 101 Å². The van der Waals surface area contributed by atoms with Crippen LogP contribution in [0.3, 0.4) is 0 Å². The summed E-state index contributed by atoms with van der Waals surface area (Å²) in [4.78, 5) is 2.07. The predicted octanol–water partition coefficient (Wildman–Crippen LogP) is 2.34. The van der Waals surface area contributed by atoms with Gasteiger partial charge in [-0.15, -0.1) is 0 Å². The molecule has 0 aromatic carbocycles. The first kappa shape index (κ1) is 11.9. The number of hydrogen-bond donors (Lipinski definition) is 2. The van der Waals surface area contributed by atoms with E-state index in [0.29, 0.717) is 6.42 Å². The van der Waals surface area contributed by atoms with Gasteiger partial charge in [0.05, 0.1) is 5.70 Å². The second-order valence-electron chi connectivity index (χ2n) is 4.43. The van der Waals surface area contributed by atoms with Crippen LogP contribution in [0.1, 0.15) is 19.3 Å². The number of alkyl halides is 1. The fourth-order valence-electron chi connectivity index (χ4n) is 2.16. The number of nitrogens with one attached hydrogen (secondary N) is 2. The maximum Gasteiger partial charge on any atom is 0.122 e. The molecule has 0 aromatic heterocycles. The molecule has 0 aromatic rings. The largest absolute Gasteiger partial charge is 0.372 e. The summed E-state index contributed by atoms with van der Waals surface area (Å²) in [5.41, 5.74) is 2.92. The van der Waals surface area contributed by atoms with Gasteiger partial charge in [0.15, 0.2) is 0 Å². The smallest absolute Gasteiger partial charge is 0.122 e. The van der Waals surface area contributed by atoms with Crippen LogP contribution in [0, 0.1) is 5.41 Å². The van der Waals surface area contributed by atoms with Crippen LogP contribution in [-0.2, 0) is 0 Å². The summed E-state index contributed by atoms with van der Waals surface area (Å²) in [6, 6.07) is 0. The molecular weight excluding hydrogens is 217 g/mol. The SMILES string of the molecule is CN1CCCC(NC2=CCC(F)C=C2)=C1C=N. The van der Waals surface area contributed by atoms with E-state index in [2.05, 4.69) is 10.2 Å². The highest BCUT2D eigenvalue weighted by Crippen LogP contribution is 2.20. The lowest BCUT2D eigenvalue weighted by Gasteiger charge is -2.29. The van der Waals surface area contributed by atoms with Crippen molar-refractivity contribution in [1.82, 2.24) is 10.2 Å². The minimum atomic E-state index is -0.856. The van der Waals surface area contributed by atoms with Gasteiger partial charge < -0.3 is 15.6 Å². The molecule has 0 fully saturated rings. The molecule has 0 saturated heterocycles. The molecule has 0 radical (unpaired) electrons. The number of halogens is 1. The van der Waals surface area contributed by atoms with Crippen molar-refractivity contribution < 1.29 is 4.39 Å². The van der Waals surface area contributed by atoms with Crippen molar-refractivity contribution in [3.63, 3.8) is 0 Å². The molecule has 0 spiro atoms. The monoisotopic (exact) mass is 235 g/mol. The van der Waals surface area contributed by atoms with Gasteiger partial charge in [0.1, 0.15) is 6.17 Å². The summed E-state index contributed by atoms with van der Waals surface area (Å²) in [5, 5.41) is 10.7. The average molecular weight is 235 g/mol. The summed E-state index contributed by atoms with van der Waals surface area (Å²) in [5.74, 6) is 0. The van der Waals surface area contributed by atoms with Crippen LogP contribution in [-0.4, -0.2) is 30.9 Å². The zero-order valence-electron chi connectivity index (χ0n) is 10.0. The van der Waals surface area contributed by atoms with Gasteiger partial charge in [0.25, 0.3) is 0 Å². The second kappa shape index (κ2) is 5.17. The van der Waals surface area contributed by atoms with Crippen LogP contribution >= 0.6 is 0 Å². The zero-order valence-corrected chi connectivity index (χ0v) is 10.0. The van der Waals surface area contributed by atoms with Crippen molar-refractivity contribution in [2.24, 2.45) is 0 Å². The van der Waals surface area contributed by atoms with Crippen molar-refractivity contribution >= 4 is 6.21 Å². The van der Waals surface area contributed by atoms with E-state index in [9.17, 15) is 4.39 Å². The molecule has 17 heavy (non-hydrogen) atoms. The van der Waals surface area contributed by atoms with Crippen molar-refractivity contribution in [2.75, 3.05) is 13.6 Å². The highest BCUT2D eigenvalue weighted by molar-refractivity contribution is 5.76. The Morgan fingerprint density at radius 3 is 3.06 bits per heavy atom. The first-order chi connectivity index (χ1) is 8.20. The molecule has 2 aliphatic rings. The van der Waals surface area contributed by atoms with Gasteiger partial charge >= 0.3 is 0 Å². The number of nitrogens with zero attached hydrogens (tertiary/aromatic N) is 1. The number of allylic oxidation sites excluding steroid dienone is 5. The highest BCUT2D eigenvalue weighted by atomic mass is 19.1. The Balaban J connectivity index is 2.12. The van der Waals surface area contributed by atoms with E-state index in [1.807, 2.05) is 13.1 Å². The van der Waals surface area contributed by atoms with Gasteiger partial charge in [0.2, 0.25) is 0 Å². The van der Waals surface area contributed by atoms with Crippen LogP contribution in [0.2, 0.25) is 0 Å². The van der Waals surface area contributed by atoms with Gasteiger partial charge in [-0.3, -0.25) is 0 Å². The molecule has 0 saturated carbocycles. The predicted molar refractivity (Wildman–Crippen MR) is 67.5 cm³/mol. The molecule has 2 N–H and O–H groups in total. The highest BCUT2D eigenvalue weighted by Gasteiger charge is 2.16. The molecule has 3 nitrogen and oxygen atoms in total. The topological polar surface area (TPSA) is 39.1 Å². The molecule has 0 bridgehead atoms. The third kappa shape index (κ3) is 2.75. The third-order valence-electron chi connectivity index (χ3n) is 3.12. The van der Waals surface area contributed by atoms with Gasteiger partial charge in [-0.05, 0) is 25.0 Å². The maximum atomic E-state index is 12.9. The van der Waals surface area contributed by atoms with Gasteiger partial charge in [-0.25, -0.2) is 4.39 Å². The van der Waals surface area contributed by atoms with Crippen molar-refractivity contribution in [2.45, 2.75) is 25.4 Å². The number of hydrogen-bond acceptors (Lipinski definition) is 3. The van der Waals surface area contributed by atoms with E-state index < -0.39 is 6.17 Å². The van der Waals surface area contributed by atoms with Crippen LogP contribution in [0.25, 0.3) is 0 Å². The number of rotatable bonds is 3. The quantitative estimate of drug-likeness (QED) is 0.737. The van der Waals surface area contributed by atoms with Crippen LogP contribution in [0.5, 0.6) is 0 Å². The molecule has 2 rings (SSSR count). The lowest BCUT2D eigenvalue weighted by atomic mass is 10.1. The third-order valence-corrected chi connectivity index (χ3v) is 3.12. The second-order valence-corrected chi connectivity index (χ2v) is 4.43. The minimum Gasteiger partial charge on any atom is -0.372 e. The molecule has 1 unspecified atom stereocenters. The fraction of sp³-hybridized carbons (Fsp3) is 0.462. The van der Waals surface area contributed by atoms with E-state index in [1.165, 1.54) is 6.21 Å². The summed E-state index contributed by atoms with van der Waals surface area (Å²) < 4.78 is 12.9. The first-order valence-corrected chi connectivity index (χ1v) is 5.95. The molecule has 1 aliphatic carbocycles. The Morgan fingerprint density at radius 1 is 1.59 bits per heavy atom. The van der Waals surface area contributed by atoms with Crippen LogP contribution in [0.15, 0.2) is 35.3 Å². The normalized spacial score (nSPS) is 24.7. The molecular formula is C13H18FN3. The Morgan fingerprint density at radius 2 is 2.41 bits per heavy atom. The Bertz CT molecular complexity index is 395. The molecule has 92 valence electrons. The van der Waals surface area contributed by atoms with Crippen molar-refractivity contribution in [1.29, 1.82) is 5.41 Å². The Kier molecular flexibility index (Phi) is 3.61. The Hall–Kier alpha value is -1.58. The summed E-state index contributed by atoms with van der Waals surface area (Å²) >= 11 is 0. The molecule has 0 amide bonds. The summed E-state index contributed by atoms with van der Waals surface area (Å²) in [6.45, 7) is 0.983. The van der Waals surface area contributed by atoms with Crippen LogP contribution < -0.4 is 5.32 Å². The van der Waals surface area contributed by atoms with E-state index in [-0.39, 0.29) is 0 Å². The summed E-state index contributed by atoms with van der Waals surface area (Å²) in [7, 11) is 1.99. The van der Waals surface area contributed by atoms with Gasteiger partial charge in [-0.2, -0.15) is 0 Å². The van der Waals surface area contributed by atoms with E-state index >= 15 is 0 Å². The summed E-state index contributed by atoms with van der Waals surface area (Å²) in [6.07, 6.45) is 8.20. The molecule has 4 heteroatoms. The van der Waals surface area contributed by atoms with E-state index in [1.54, 1.807) is 12.2 Å². The van der Waals surface area contributed by atoms with Gasteiger partial charge in [0, 0.05) is 37.6 Å². The fourth-order valence-corrected chi connectivity index (χ4v) is 2.16. The molecule has 1 aliphatic heterocycles. The minimum absolute atomic E-state index is 0.432. The van der Waals surface area contributed by atoms with Crippen molar-refractivity contribution in [3.05, 3.63) is 35.3 Å².